The summed E-state index contributed by atoms with van der Waals surface area (Å²) >= 11 is 0. The highest BCUT2D eigenvalue weighted by Gasteiger charge is 2.28. The van der Waals surface area contributed by atoms with E-state index in [1.807, 2.05) is 13.0 Å². The smallest absolute Gasteiger partial charge is 0.279 e. The number of anilines is 1. The van der Waals surface area contributed by atoms with Crippen molar-refractivity contribution in [3.63, 3.8) is 0 Å². The summed E-state index contributed by atoms with van der Waals surface area (Å²) in [7, 11) is 0. The molecule has 3 rings (SSSR count). The van der Waals surface area contributed by atoms with Gasteiger partial charge in [-0.2, -0.15) is 0 Å². The van der Waals surface area contributed by atoms with Gasteiger partial charge in [0.05, 0.1) is 0 Å². The van der Waals surface area contributed by atoms with Crippen molar-refractivity contribution in [2.45, 2.75) is 25.7 Å². The number of nitrogens with one attached hydrogen (secondary N) is 1. The van der Waals surface area contributed by atoms with E-state index < -0.39 is 0 Å². The van der Waals surface area contributed by atoms with E-state index in [1.165, 1.54) is 0 Å². The predicted octanol–water partition coefficient (Wildman–Crippen LogP) is 2.51. The maximum Gasteiger partial charge on any atom is 0.279 e. The van der Waals surface area contributed by atoms with Gasteiger partial charge in [0, 0.05) is 18.2 Å². The standard InChI is InChI=1S/C13H13N3O2/c1-8-4-5-14-12(6-8)15-13(17)10-7-11(18-16-10)9-2-3-9/h4-7,9H,2-3H2,1H3,(H,14,15,17). The Balaban J connectivity index is 1.73. The summed E-state index contributed by atoms with van der Waals surface area (Å²) in [6.07, 6.45) is 3.90. The second-order valence-electron chi connectivity index (χ2n) is 4.56. The molecular formula is C13H13N3O2. The lowest BCUT2D eigenvalue weighted by atomic mass is 10.2. The second-order valence-corrected chi connectivity index (χ2v) is 4.56. The van der Waals surface area contributed by atoms with E-state index in [0.29, 0.717) is 17.4 Å². The lowest BCUT2D eigenvalue weighted by Crippen LogP contribution is -2.13. The van der Waals surface area contributed by atoms with Gasteiger partial charge in [0.15, 0.2) is 5.69 Å². The van der Waals surface area contributed by atoms with Crippen molar-refractivity contribution in [3.8, 4) is 0 Å². The van der Waals surface area contributed by atoms with Gasteiger partial charge < -0.3 is 9.84 Å². The molecule has 2 aromatic rings. The molecular weight excluding hydrogens is 230 g/mol. The number of hydrogen-bond donors (Lipinski definition) is 1. The number of aromatic nitrogens is 2. The zero-order valence-corrected chi connectivity index (χ0v) is 10.0. The third-order valence-electron chi connectivity index (χ3n) is 2.90. The molecule has 1 aliphatic rings. The molecule has 18 heavy (non-hydrogen) atoms. The monoisotopic (exact) mass is 243 g/mol. The van der Waals surface area contributed by atoms with Crippen LogP contribution in [0.2, 0.25) is 0 Å². The van der Waals surface area contributed by atoms with Crippen molar-refractivity contribution in [3.05, 3.63) is 41.4 Å². The van der Waals surface area contributed by atoms with Crippen LogP contribution in [-0.2, 0) is 0 Å². The van der Waals surface area contributed by atoms with Crippen LogP contribution in [0.15, 0.2) is 28.9 Å². The number of nitrogens with zero attached hydrogens (tertiary/aromatic N) is 2. The fraction of sp³-hybridized carbons (Fsp3) is 0.308. The zero-order chi connectivity index (χ0) is 12.5. The first-order valence-electron chi connectivity index (χ1n) is 5.93. The Hall–Kier alpha value is -2.17. The van der Waals surface area contributed by atoms with Crippen molar-refractivity contribution < 1.29 is 9.32 Å². The Morgan fingerprint density at radius 2 is 2.28 bits per heavy atom. The van der Waals surface area contributed by atoms with Gasteiger partial charge in [-0.1, -0.05) is 5.16 Å². The van der Waals surface area contributed by atoms with E-state index in [9.17, 15) is 4.79 Å². The number of carbonyl (C=O) groups is 1. The lowest BCUT2D eigenvalue weighted by Gasteiger charge is -2.01. The van der Waals surface area contributed by atoms with Crippen LogP contribution < -0.4 is 5.32 Å². The number of amides is 1. The third kappa shape index (κ3) is 2.25. The highest BCUT2D eigenvalue weighted by atomic mass is 16.5. The van der Waals surface area contributed by atoms with Gasteiger partial charge in [-0.25, -0.2) is 4.98 Å². The Morgan fingerprint density at radius 3 is 3.00 bits per heavy atom. The fourth-order valence-electron chi connectivity index (χ4n) is 1.74. The molecule has 2 aromatic heterocycles. The summed E-state index contributed by atoms with van der Waals surface area (Å²) < 4.78 is 5.14. The van der Waals surface area contributed by atoms with Crippen molar-refractivity contribution in [2.24, 2.45) is 0 Å². The molecule has 0 radical (unpaired) electrons. The predicted molar refractivity (Wildman–Crippen MR) is 65.4 cm³/mol. The molecule has 1 amide bonds. The highest BCUT2D eigenvalue weighted by molar-refractivity contribution is 6.02. The number of hydrogen-bond acceptors (Lipinski definition) is 4. The largest absolute Gasteiger partial charge is 0.360 e. The summed E-state index contributed by atoms with van der Waals surface area (Å²) in [6.45, 7) is 1.94. The van der Waals surface area contributed by atoms with Gasteiger partial charge in [-0.15, -0.1) is 0 Å². The average molecular weight is 243 g/mol. The minimum Gasteiger partial charge on any atom is -0.360 e. The van der Waals surface area contributed by atoms with E-state index >= 15 is 0 Å². The number of pyridine rings is 1. The number of aryl methyl sites for hydroxylation is 1. The van der Waals surface area contributed by atoms with Gasteiger partial charge in [-0.3, -0.25) is 4.79 Å². The molecule has 0 spiro atoms. The summed E-state index contributed by atoms with van der Waals surface area (Å²) in [5.41, 5.74) is 1.35. The van der Waals surface area contributed by atoms with Crippen LogP contribution in [0.3, 0.4) is 0 Å². The van der Waals surface area contributed by atoms with Crippen LogP contribution in [0.5, 0.6) is 0 Å². The zero-order valence-electron chi connectivity index (χ0n) is 10.0. The molecule has 0 aliphatic heterocycles. The molecule has 5 nitrogen and oxygen atoms in total. The van der Waals surface area contributed by atoms with Crippen LogP contribution in [0.25, 0.3) is 0 Å². The fourth-order valence-corrected chi connectivity index (χ4v) is 1.74. The van der Waals surface area contributed by atoms with Crippen LogP contribution >= 0.6 is 0 Å². The van der Waals surface area contributed by atoms with E-state index in [-0.39, 0.29) is 5.91 Å². The topological polar surface area (TPSA) is 68.0 Å². The molecule has 0 saturated heterocycles. The minimum absolute atomic E-state index is 0.288. The van der Waals surface area contributed by atoms with Gasteiger partial charge in [-0.05, 0) is 37.5 Å². The maximum absolute atomic E-state index is 11.9. The molecule has 1 saturated carbocycles. The van der Waals surface area contributed by atoms with Gasteiger partial charge in [0.2, 0.25) is 0 Å². The maximum atomic E-state index is 11.9. The molecule has 0 atom stereocenters. The molecule has 1 N–H and O–H groups in total. The summed E-state index contributed by atoms with van der Waals surface area (Å²) in [5, 5.41) is 6.48. The molecule has 0 bridgehead atoms. The minimum atomic E-state index is -0.288. The van der Waals surface area contributed by atoms with E-state index in [0.717, 1.165) is 24.2 Å². The van der Waals surface area contributed by atoms with Crippen LogP contribution in [0.4, 0.5) is 5.82 Å². The number of carbonyl (C=O) groups excluding carboxylic acids is 1. The van der Waals surface area contributed by atoms with E-state index in [2.05, 4.69) is 15.5 Å². The molecule has 1 aliphatic carbocycles. The van der Waals surface area contributed by atoms with Crippen LogP contribution in [-0.4, -0.2) is 16.0 Å². The average Bonchev–Trinajstić information content (AvgIpc) is 3.07. The summed E-state index contributed by atoms with van der Waals surface area (Å²) in [4.78, 5) is 16.0. The molecule has 1 fully saturated rings. The Bertz CT molecular complexity index is 587. The first-order valence-corrected chi connectivity index (χ1v) is 5.93. The van der Waals surface area contributed by atoms with Gasteiger partial charge >= 0.3 is 0 Å². The van der Waals surface area contributed by atoms with Crippen molar-refractivity contribution in [1.29, 1.82) is 0 Å². The second kappa shape index (κ2) is 4.25. The third-order valence-corrected chi connectivity index (χ3v) is 2.90. The Kier molecular flexibility index (Phi) is 2.59. The normalized spacial score (nSPS) is 14.5. The summed E-state index contributed by atoms with van der Waals surface area (Å²) in [6, 6.07) is 5.39. The SMILES string of the molecule is Cc1ccnc(NC(=O)c2cc(C3CC3)on2)c1. The van der Waals surface area contributed by atoms with Gasteiger partial charge in [0.1, 0.15) is 11.6 Å². The Morgan fingerprint density at radius 1 is 1.44 bits per heavy atom. The number of rotatable bonds is 3. The molecule has 5 heteroatoms. The van der Waals surface area contributed by atoms with Gasteiger partial charge in [0.25, 0.3) is 5.91 Å². The van der Waals surface area contributed by atoms with Crippen LogP contribution in [0, 0.1) is 6.92 Å². The highest BCUT2D eigenvalue weighted by Crippen LogP contribution is 2.40. The molecule has 0 aromatic carbocycles. The molecule has 92 valence electrons. The van der Waals surface area contributed by atoms with Crippen molar-refractivity contribution in [1.82, 2.24) is 10.1 Å². The first kappa shape index (κ1) is 11.0. The lowest BCUT2D eigenvalue weighted by molar-refractivity contribution is 0.101. The quantitative estimate of drug-likeness (QED) is 0.899. The first-order chi connectivity index (χ1) is 8.72. The van der Waals surface area contributed by atoms with E-state index in [4.69, 9.17) is 4.52 Å². The summed E-state index contributed by atoms with van der Waals surface area (Å²) in [5.74, 6) is 1.49. The van der Waals surface area contributed by atoms with Crippen LogP contribution in [0.1, 0.15) is 40.6 Å². The van der Waals surface area contributed by atoms with Crippen molar-refractivity contribution in [2.75, 3.05) is 5.32 Å². The Labute approximate surface area is 104 Å². The molecule has 0 unspecified atom stereocenters. The molecule has 2 heterocycles. The van der Waals surface area contributed by atoms with E-state index in [1.54, 1.807) is 18.3 Å². The van der Waals surface area contributed by atoms with Crippen molar-refractivity contribution >= 4 is 11.7 Å².